The number of nitrogens with one attached hydrogen (secondary N) is 1. The third kappa shape index (κ3) is 6.47. The minimum absolute atomic E-state index is 0.00127. The molecule has 2 aromatic heterocycles. The zero-order valence-electron chi connectivity index (χ0n) is 22.4. The van der Waals surface area contributed by atoms with Crippen LogP contribution in [0.25, 0.3) is 10.9 Å². The summed E-state index contributed by atoms with van der Waals surface area (Å²) in [6.45, 7) is 0. The maximum atomic E-state index is 13.7. The van der Waals surface area contributed by atoms with Crippen molar-refractivity contribution in [3.8, 4) is 11.6 Å². The number of carbonyl (C=O) groups excluding carboxylic acids is 1. The first kappa shape index (κ1) is 28.1. The highest BCUT2D eigenvalue weighted by molar-refractivity contribution is 5.98. The normalized spacial score (nSPS) is 17.2. The largest absolute Gasteiger partial charge is 0.471 e. The number of hydrogen-bond donors (Lipinski definition) is 1. The van der Waals surface area contributed by atoms with Gasteiger partial charge in [-0.25, -0.2) is 14.4 Å². The summed E-state index contributed by atoms with van der Waals surface area (Å²) in [6, 6.07) is 14.7. The van der Waals surface area contributed by atoms with E-state index in [1.165, 1.54) is 36.5 Å². The van der Waals surface area contributed by atoms with Gasteiger partial charge in [0.2, 0.25) is 11.8 Å². The van der Waals surface area contributed by atoms with E-state index in [1.807, 2.05) is 43.3 Å². The van der Waals surface area contributed by atoms with Gasteiger partial charge in [0.05, 0.1) is 11.2 Å². The molecule has 214 valence electrons. The predicted octanol–water partition coefficient (Wildman–Crippen LogP) is 6.34. The number of ether oxygens (including phenoxy) is 1. The van der Waals surface area contributed by atoms with Gasteiger partial charge < -0.3 is 19.9 Å². The molecule has 0 unspecified atom stereocenters. The molecule has 41 heavy (non-hydrogen) atoms. The minimum atomic E-state index is -5.08. The molecule has 1 fully saturated rings. The molecular formula is C29H28F4N6O2. The van der Waals surface area contributed by atoms with Crippen LogP contribution in [-0.4, -0.2) is 53.2 Å². The van der Waals surface area contributed by atoms with E-state index in [4.69, 9.17) is 4.74 Å². The zero-order chi connectivity index (χ0) is 29.1. The lowest BCUT2D eigenvalue weighted by Crippen LogP contribution is -2.49. The Morgan fingerprint density at radius 3 is 2.44 bits per heavy atom. The summed E-state index contributed by atoms with van der Waals surface area (Å²) in [5.41, 5.74) is 0.775. The lowest BCUT2D eigenvalue weighted by Gasteiger charge is -2.37. The molecule has 12 heteroatoms. The number of nitrogens with zero attached hydrogens (tertiary/aromatic N) is 5. The third-order valence-corrected chi connectivity index (χ3v) is 6.88. The van der Waals surface area contributed by atoms with E-state index in [-0.39, 0.29) is 23.4 Å². The van der Waals surface area contributed by atoms with Crippen LogP contribution in [0.3, 0.4) is 0 Å². The summed E-state index contributed by atoms with van der Waals surface area (Å²) in [6.07, 6.45) is -2.20. The van der Waals surface area contributed by atoms with E-state index in [2.05, 4.69) is 20.3 Å². The molecule has 1 N–H and O–H groups in total. The molecule has 0 atom stereocenters. The van der Waals surface area contributed by atoms with Gasteiger partial charge in [0.25, 0.3) is 0 Å². The smallest absolute Gasteiger partial charge is 0.439 e. The molecular weight excluding hydrogens is 540 g/mol. The van der Waals surface area contributed by atoms with Gasteiger partial charge in [-0.3, -0.25) is 4.79 Å². The second-order valence-electron chi connectivity index (χ2n) is 10.0. The number of anilines is 3. The highest BCUT2D eigenvalue weighted by atomic mass is 19.4. The predicted molar refractivity (Wildman–Crippen MR) is 148 cm³/mol. The lowest BCUT2D eigenvalue weighted by molar-refractivity contribution is -0.171. The van der Waals surface area contributed by atoms with Crippen molar-refractivity contribution in [2.45, 2.75) is 43.9 Å². The number of pyridine rings is 1. The van der Waals surface area contributed by atoms with Crippen LogP contribution in [0.15, 0.2) is 66.9 Å². The molecule has 1 saturated carbocycles. The van der Waals surface area contributed by atoms with Crippen LogP contribution in [0.4, 0.5) is 35.0 Å². The van der Waals surface area contributed by atoms with E-state index >= 15 is 0 Å². The maximum Gasteiger partial charge on any atom is 0.471 e. The highest BCUT2D eigenvalue weighted by Gasteiger charge is 2.46. The van der Waals surface area contributed by atoms with Gasteiger partial charge in [0, 0.05) is 49.9 Å². The Bertz CT molecular complexity index is 1540. The fourth-order valence-electron chi connectivity index (χ4n) is 5.01. The van der Waals surface area contributed by atoms with Gasteiger partial charge in [0.1, 0.15) is 17.4 Å². The Labute approximate surface area is 234 Å². The summed E-state index contributed by atoms with van der Waals surface area (Å²) in [4.78, 5) is 28.6. The second kappa shape index (κ2) is 11.6. The number of halogens is 4. The first-order valence-corrected chi connectivity index (χ1v) is 13.1. The number of para-hydroxylation sites is 1. The summed E-state index contributed by atoms with van der Waals surface area (Å²) in [5, 5.41) is 4.24. The van der Waals surface area contributed by atoms with Crippen molar-refractivity contribution in [3.05, 3.63) is 72.7 Å². The molecule has 5 rings (SSSR count). The number of fused-ring (bicyclic) bond motifs is 1. The molecule has 1 aliphatic carbocycles. The van der Waals surface area contributed by atoms with Gasteiger partial charge in [0.15, 0.2) is 0 Å². The fraction of sp³-hybridized carbons (Fsp3) is 0.310. The van der Waals surface area contributed by atoms with E-state index in [0.717, 1.165) is 27.7 Å². The van der Waals surface area contributed by atoms with E-state index in [1.54, 1.807) is 0 Å². The van der Waals surface area contributed by atoms with Crippen LogP contribution in [-0.2, 0) is 4.79 Å². The summed E-state index contributed by atoms with van der Waals surface area (Å²) in [7, 11) is 3.79. The van der Waals surface area contributed by atoms with Crippen molar-refractivity contribution >= 4 is 34.3 Å². The first-order chi connectivity index (χ1) is 19.6. The Hall–Kier alpha value is -4.48. The molecule has 0 bridgehead atoms. The third-order valence-electron chi connectivity index (χ3n) is 6.88. The Kier molecular flexibility index (Phi) is 7.91. The average Bonchev–Trinajstić information content (AvgIpc) is 2.93. The van der Waals surface area contributed by atoms with Crippen LogP contribution in [0.5, 0.6) is 11.6 Å². The Balaban J connectivity index is 1.33. The summed E-state index contributed by atoms with van der Waals surface area (Å²) < 4.78 is 60.2. The Morgan fingerprint density at radius 2 is 1.73 bits per heavy atom. The number of aromatic nitrogens is 3. The molecule has 8 nitrogen and oxygen atoms in total. The molecule has 0 saturated heterocycles. The van der Waals surface area contributed by atoms with Crippen LogP contribution in [0, 0.1) is 5.82 Å². The van der Waals surface area contributed by atoms with Gasteiger partial charge >= 0.3 is 12.1 Å². The summed E-state index contributed by atoms with van der Waals surface area (Å²) >= 11 is 0. The number of carbonyl (C=O) groups is 1. The minimum Gasteiger partial charge on any atom is -0.439 e. The lowest BCUT2D eigenvalue weighted by atomic mass is 9.89. The second-order valence-corrected chi connectivity index (χ2v) is 10.0. The fourth-order valence-corrected chi connectivity index (χ4v) is 5.01. The molecule has 2 heterocycles. The number of amides is 1. The summed E-state index contributed by atoms with van der Waals surface area (Å²) in [5.74, 6) is -1.25. The monoisotopic (exact) mass is 568 g/mol. The first-order valence-electron chi connectivity index (χ1n) is 13.1. The van der Waals surface area contributed by atoms with Gasteiger partial charge in [-0.15, -0.1) is 0 Å². The van der Waals surface area contributed by atoms with E-state index < -0.39 is 23.9 Å². The van der Waals surface area contributed by atoms with Crippen LogP contribution < -0.4 is 19.9 Å². The SMILES string of the molecule is CN(C)c1nc(NC2CCC(N(C(=O)C(F)(F)F)c3ccnc(Oc4cccc(F)c4)c3)CC2)nc2ccccc12. The van der Waals surface area contributed by atoms with Crippen LogP contribution >= 0.6 is 0 Å². The number of rotatable bonds is 7. The maximum absolute atomic E-state index is 13.7. The molecule has 0 aliphatic heterocycles. The standard InChI is InChI=1S/C29H28F4N6O2/c1-38(2)26-23-8-3-4-9-24(23)36-28(37-26)35-19-10-12-20(13-11-19)39(27(40)29(31,32)33)21-14-15-34-25(17-21)41-22-7-5-6-18(30)16-22/h3-9,14-17,19-20H,10-13H2,1-2H3,(H,35,36,37). The quantitative estimate of drug-likeness (QED) is 0.261. The van der Waals surface area contributed by atoms with Crippen molar-refractivity contribution in [1.82, 2.24) is 15.0 Å². The highest BCUT2D eigenvalue weighted by Crippen LogP contribution is 2.34. The molecule has 4 aromatic rings. The zero-order valence-corrected chi connectivity index (χ0v) is 22.4. The van der Waals surface area contributed by atoms with Gasteiger partial charge in [-0.2, -0.15) is 18.2 Å². The Morgan fingerprint density at radius 1 is 0.976 bits per heavy atom. The van der Waals surface area contributed by atoms with E-state index in [9.17, 15) is 22.4 Å². The van der Waals surface area contributed by atoms with Crippen molar-refractivity contribution in [2.75, 3.05) is 29.2 Å². The van der Waals surface area contributed by atoms with Crippen molar-refractivity contribution < 1.29 is 27.1 Å². The van der Waals surface area contributed by atoms with Crippen LogP contribution in [0.2, 0.25) is 0 Å². The van der Waals surface area contributed by atoms with Crippen molar-refractivity contribution in [1.29, 1.82) is 0 Å². The van der Waals surface area contributed by atoms with Crippen molar-refractivity contribution in [2.24, 2.45) is 0 Å². The topological polar surface area (TPSA) is 83.5 Å². The average molecular weight is 569 g/mol. The molecule has 2 aromatic carbocycles. The molecule has 1 amide bonds. The molecule has 1 aliphatic rings. The number of benzene rings is 2. The van der Waals surface area contributed by atoms with Crippen molar-refractivity contribution in [3.63, 3.8) is 0 Å². The molecule has 0 spiro atoms. The van der Waals surface area contributed by atoms with E-state index in [0.29, 0.717) is 31.6 Å². The number of alkyl halides is 3. The van der Waals surface area contributed by atoms with Gasteiger partial charge in [-0.1, -0.05) is 18.2 Å². The van der Waals surface area contributed by atoms with Gasteiger partial charge in [-0.05, 0) is 56.0 Å². The number of hydrogen-bond acceptors (Lipinski definition) is 7. The molecule has 0 radical (unpaired) electrons. The van der Waals surface area contributed by atoms with Crippen LogP contribution in [0.1, 0.15) is 25.7 Å².